The number of hydrogen-bond donors (Lipinski definition) is 0. The van der Waals surface area contributed by atoms with E-state index in [9.17, 15) is 9.59 Å². The van der Waals surface area contributed by atoms with E-state index in [1.54, 1.807) is 0 Å². The van der Waals surface area contributed by atoms with Gasteiger partial charge in [-0.2, -0.15) is 0 Å². The second kappa shape index (κ2) is 4.95. The standard InChI is InChI=1S/C12H20O4/c1-8(2)9-5-12(6-9,11(14)16-4)10(13)7-15-3/h8-9H,5-7H2,1-4H3. The number of esters is 1. The van der Waals surface area contributed by atoms with Gasteiger partial charge in [0, 0.05) is 7.11 Å². The summed E-state index contributed by atoms with van der Waals surface area (Å²) in [6, 6.07) is 0. The minimum absolute atomic E-state index is 0.0140. The molecule has 16 heavy (non-hydrogen) atoms. The summed E-state index contributed by atoms with van der Waals surface area (Å²) in [6.45, 7) is 4.19. The molecule has 1 saturated carbocycles. The normalized spacial score (nSPS) is 28.7. The quantitative estimate of drug-likeness (QED) is 0.527. The summed E-state index contributed by atoms with van der Waals surface area (Å²) in [5.74, 6) is 0.359. The van der Waals surface area contributed by atoms with Crippen molar-refractivity contribution in [1.29, 1.82) is 0 Å². The van der Waals surface area contributed by atoms with E-state index < -0.39 is 11.4 Å². The number of Topliss-reactive ketones (excluding diaryl/α,β-unsaturated/α-hetero) is 1. The van der Waals surface area contributed by atoms with Crippen LogP contribution in [0.3, 0.4) is 0 Å². The first-order valence-corrected chi connectivity index (χ1v) is 5.58. The molecule has 0 radical (unpaired) electrons. The van der Waals surface area contributed by atoms with Gasteiger partial charge in [0.15, 0.2) is 5.78 Å². The Hall–Kier alpha value is -0.900. The topological polar surface area (TPSA) is 52.6 Å². The van der Waals surface area contributed by atoms with Crippen molar-refractivity contribution < 1.29 is 19.1 Å². The minimum atomic E-state index is -0.931. The van der Waals surface area contributed by atoms with E-state index in [4.69, 9.17) is 9.47 Å². The summed E-state index contributed by atoms with van der Waals surface area (Å²) in [5, 5.41) is 0. The highest BCUT2D eigenvalue weighted by Crippen LogP contribution is 2.50. The van der Waals surface area contributed by atoms with Gasteiger partial charge in [-0.05, 0) is 24.7 Å². The van der Waals surface area contributed by atoms with E-state index in [2.05, 4.69) is 13.8 Å². The Kier molecular flexibility index (Phi) is 4.08. The highest BCUT2D eigenvalue weighted by molar-refractivity contribution is 6.05. The SMILES string of the molecule is COCC(=O)C1(C(=O)OC)CC(C(C)C)C1. The maximum Gasteiger partial charge on any atom is 0.319 e. The number of ketones is 1. The molecule has 1 rings (SSSR count). The van der Waals surface area contributed by atoms with E-state index >= 15 is 0 Å². The van der Waals surface area contributed by atoms with Crippen LogP contribution in [0.2, 0.25) is 0 Å². The molecule has 0 amide bonds. The number of ether oxygens (including phenoxy) is 2. The molecule has 92 valence electrons. The fraction of sp³-hybridized carbons (Fsp3) is 0.833. The van der Waals surface area contributed by atoms with Crippen LogP contribution in [0.15, 0.2) is 0 Å². The Bertz CT molecular complexity index is 277. The van der Waals surface area contributed by atoms with Crippen LogP contribution in [0.5, 0.6) is 0 Å². The first-order valence-electron chi connectivity index (χ1n) is 5.58. The molecule has 0 aliphatic heterocycles. The van der Waals surface area contributed by atoms with Crippen LogP contribution in [0.1, 0.15) is 26.7 Å². The molecule has 0 spiro atoms. The smallest absolute Gasteiger partial charge is 0.319 e. The van der Waals surface area contributed by atoms with Crippen molar-refractivity contribution in [2.75, 3.05) is 20.8 Å². The molecule has 0 bridgehead atoms. The second-order valence-corrected chi connectivity index (χ2v) is 4.84. The average molecular weight is 228 g/mol. The molecule has 4 heteroatoms. The zero-order valence-corrected chi connectivity index (χ0v) is 10.4. The number of hydrogen-bond acceptors (Lipinski definition) is 4. The molecule has 0 unspecified atom stereocenters. The molecule has 1 fully saturated rings. The largest absolute Gasteiger partial charge is 0.468 e. The van der Waals surface area contributed by atoms with Crippen molar-refractivity contribution in [3.05, 3.63) is 0 Å². The molecule has 0 aromatic rings. The average Bonchev–Trinajstić information content (AvgIpc) is 2.15. The highest BCUT2D eigenvalue weighted by atomic mass is 16.5. The maximum absolute atomic E-state index is 11.9. The molecule has 0 atom stereocenters. The molecular formula is C12H20O4. The van der Waals surface area contributed by atoms with Crippen molar-refractivity contribution in [2.24, 2.45) is 17.3 Å². The van der Waals surface area contributed by atoms with Gasteiger partial charge in [0.1, 0.15) is 12.0 Å². The van der Waals surface area contributed by atoms with Crippen LogP contribution in [0.4, 0.5) is 0 Å². The van der Waals surface area contributed by atoms with Gasteiger partial charge in [0.2, 0.25) is 0 Å². The van der Waals surface area contributed by atoms with Crippen LogP contribution in [-0.4, -0.2) is 32.6 Å². The maximum atomic E-state index is 11.9. The van der Waals surface area contributed by atoms with Gasteiger partial charge in [-0.3, -0.25) is 9.59 Å². The van der Waals surface area contributed by atoms with E-state index in [0.717, 1.165) is 0 Å². The van der Waals surface area contributed by atoms with Gasteiger partial charge >= 0.3 is 5.97 Å². The number of methoxy groups -OCH3 is 2. The first-order chi connectivity index (χ1) is 7.47. The van der Waals surface area contributed by atoms with Gasteiger partial charge in [-0.15, -0.1) is 0 Å². The van der Waals surface area contributed by atoms with E-state index in [1.165, 1.54) is 14.2 Å². The number of rotatable bonds is 5. The third-order valence-corrected chi connectivity index (χ3v) is 3.55. The van der Waals surface area contributed by atoms with Crippen molar-refractivity contribution in [3.8, 4) is 0 Å². The molecule has 1 aliphatic rings. The lowest BCUT2D eigenvalue weighted by Crippen LogP contribution is -2.53. The van der Waals surface area contributed by atoms with Crippen molar-refractivity contribution in [3.63, 3.8) is 0 Å². The van der Waals surface area contributed by atoms with Gasteiger partial charge < -0.3 is 9.47 Å². The lowest BCUT2D eigenvalue weighted by molar-refractivity contribution is -0.171. The Morgan fingerprint density at radius 1 is 1.31 bits per heavy atom. The summed E-state index contributed by atoms with van der Waals surface area (Å²) < 4.78 is 9.56. The molecule has 0 heterocycles. The Morgan fingerprint density at radius 2 is 1.88 bits per heavy atom. The summed E-state index contributed by atoms with van der Waals surface area (Å²) in [4.78, 5) is 23.6. The van der Waals surface area contributed by atoms with Crippen LogP contribution in [0, 0.1) is 17.3 Å². The summed E-state index contributed by atoms with van der Waals surface area (Å²) in [7, 11) is 2.79. The molecule has 0 aromatic carbocycles. The van der Waals surface area contributed by atoms with Gasteiger partial charge in [-0.1, -0.05) is 13.8 Å². The number of carbonyl (C=O) groups excluding carboxylic acids is 2. The summed E-state index contributed by atoms with van der Waals surface area (Å²) >= 11 is 0. The van der Waals surface area contributed by atoms with E-state index in [0.29, 0.717) is 24.7 Å². The summed E-state index contributed by atoms with van der Waals surface area (Å²) in [5.41, 5.74) is -0.931. The van der Waals surface area contributed by atoms with E-state index in [1.807, 2.05) is 0 Å². The Balaban J connectivity index is 2.75. The van der Waals surface area contributed by atoms with Crippen molar-refractivity contribution in [2.45, 2.75) is 26.7 Å². The molecule has 4 nitrogen and oxygen atoms in total. The van der Waals surface area contributed by atoms with Gasteiger partial charge in [0.25, 0.3) is 0 Å². The lowest BCUT2D eigenvalue weighted by Gasteiger charge is -2.45. The molecule has 1 aliphatic carbocycles. The first kappa shape index (κ1) is 13.2. The Morgan fingerprint density at radius 3 is 2.25 bits per heavy atom. The Labute approximate surface area is 96.3 Å². The molecular weight excluding hydrogens is 208 g/mol. The third-order valence-electron chi connectivity index (χ3n) is 3.55. The fourth-order valence-corrected chi connectivity index (χ4v) is 2.28. The number of carbonyl (C=O) groups is 2. The zero-order valence-electron chi connectivity index (χ0n) is 10.4. The minimum Gasteiger partial charge on any atom is -0.468 e. The fourth-order valence-electron chi connectivity index (χ4n) is 2.28. The highest BCUT2D eigenvalue weighted by Gasteiger charge is 2.56. The zero-order chi connectivity index (χ0) is 12.3. The molecule has 0 N–H and O–H groups in total. The van der Waals surface area contributed by atoms with Crippen LogP contribution in [0.25, 0.3) is 0 Å². The van der Waals surface area contributed by atoms with Crippen LogP contribution < -0.4 is 0 Å². The van der Waals surface area contributed by atoms with Crippen molar-refractivity contribution in [1.82, 2.24) is 0 Å². The van der Waals surface area contributed by atoms with Crippen LogP contribution >= 0.6 is 0 Å². The van der Waals surface area contributed by atoms with Crippen LogP contribution in [-0.2, 0) is 19.1 Å². The second-order valence-electron chi connectivity index (χ2n) is 4.84. The predicted octanol–water partition coefficient (Wildman–Crippen LogP) is 1.43. The van der Waals surface area contributed by atoms with Gasteiger partial charge in [0.05, 0.1) is 7.11 Å². The van der Waals surface area contributed by atoms with Crippen molar-refractivity contribution >= 4 is 11.8 Å². The monoisotopic (exact) mass is 228 g/mol. The third kappa shape index (κ3) is 2.12. The molecule has 0 aromatic heterocycles. The lowest BCUT2D eigenvalue weighted by atomic mass is 9.57. The van der Waals surface area contributed by atoms with E-state index in [-0.39, 0.29) is 12.4 Å². The summed E-state index contributed by atoms with van der Waals surface area (Å²) in [6.07, 6.45) is 1.19. The molecule has 0 saturated heterocycles. The van der Waals surface area contributed by atoms with Gasteiger partial charge in [-0.25, -0.2) is 0 Å². The predicted molar refractivity (Wildman–Crippen MR) is 58.9 cm³/mol.